The van der Waals surface area contributed by atoms with E-state index in [0.717, 1.165) is 36.3 Å². The average Bonchev–Trinajstić information content (AvgIpc) is 3.29. The van der Waals surface area contributed by atoms with Crippen molar-refractivity contribution < 1.29 is 9.18 Å². The highest BCUT2D eigenvalue weighted by Crippen LogP contribution is 2.23. The second-order valence-corrected chi connectivity index (χ2v) is 8.15. The zero-order valence-electron chi connectivity index (χ0n) is 17.6. The normalized spacial score (nSPS) is 15.7. The van der Waals surface area contributed by atoms with Gasteiger partial charge in [-0.1, -0.05) is 12.1 Å². The average molecular weight is 434 g/mol. The van der Waals surface area contributed by atoms with Gasteiger partial charge in [-0.05, 0) is 54.7 Å². The van der Waals surface area contributed by atoms with Crippen molar-refractivity contribution in [2.45, 2.75) is 25.8 Å². The van der Waals surface area contributed by atoms with Gasteiger partial charge >= 0.3 is 0 Å². The number of hydrogen-bond donors (Lipinski definition) is 0. The van der Waals surface area contributed by atoms with Gasteiger partial charge in [0.05, 0.1) is 12.2 Å². The molecule has 9 heteroatoms. The molecule has 0 radical (unpaired) electrons. The fraction of sp³-hybridized carbons (Fsp3) is 0.348. The van der Waals surface area contributed by atoms with E-state index < -0.39 is 0 Å². The zero-order valence-corrected chi connectivity index (χ0v) is 17.6. The third kappa shape index (κ3) is 4.10. The fourth-order valence-corrected chi connectivity index (χ4v) is 4.21. The number of aromatic nitrogens is 4. The lowest BCUT2D eigenvalue weighted by atomic mass is 10.2. The Morgan fingerprint density at radius 1 is 0.969 bits per heavy atom. The van der Waals surface area contributed by atoms with Crippen LogP contribution in [0.5, 0.6) is 0 Å². The number of aryl methyl sites for hydroxylation is 2. The summed E-state index contributed by atoms with van der Waals surface area (Å²) in [5, 5.41) is 13.0. The number of piperazine rings is 1. The van der Waals surface area contributed by atoms with Crippen LogP contribution in [-0.2, 0) is 19.4 Å². The Hall–Kier alpha value is -3.62. The number of benzene rings is 1. The van der Waals surface area contributed by atoms with E-state index in [-0.39, 0.29) is 29.5 Å². The predicted molar refractivity (Wildman–Crippen MR) is 116 cm³/mol. The summed E-state index contributed by atoms with van der Waals surface area (Å²) in [5.41, 5.74) is 3.02. The molecule has 5 rings (SSSR count). The number of nitrogens with zero attached hydrogens (tertiary/aromatic N) is 6. The lowest BCUT2D eigenvalue weighted by Crippen LogP contribution is -2.49. The first-order chi connectivity index (χ1) is 15.6. The van der Waals surface area contributed by atoms with Crippen LogP contribution in [0.2, 0.25) is 0 Å². The van der Waals surface area contributed by atoms with Crippen LogP contribution in [0.4, 0.5) is 10.2 Å². The summed E-state index contributed by atoms with van der Waals surface area (Å²) >= 11 is 0. The molecule has 1 amide bonds. The molecule has 0 spiro atoms. The van der Waals surface area contributed by atoms with E-state index in [9.17, 15) is 14.0 Å². The van der Waals surface area contributed by atoms with E-state index >= 15 is 0 Å². The lowest BCUT2D eigenvalue weighted by Gasteiger charge is -2.35. The first-order valence-corrected chi connectivity index (χ1v) is 10.8. The lowest BCUT2D eigenvalue weighted by molar-refractivity contribution is 0.0737. The molecule has 0 saturated carbocycles. The van der Waals surface area contributed by atoms with Crippen molar-refractivity contribution in [1.82, 2.24) is 24.9 Å². The zero-order chi connectivity index (χ0) is 22.1. The molecule has 3 aromatic rings. The van der Waals surface area contributed by atoms with Crippen LogP contribution in [0.25, 0.3) is 0 Å². The van der Waals surface area contributed by atoms with E-state index in [1.54, 1.807) is 17.0 Å². The van der Waals surface area contributed by atoms with Gasteiger partial charge in [0, 0.05) is 32.2 Å². The number of halogens is 1. The molecule has 0 N–H and O–H groups in total. The van der Waals surface area contributed by atoms with Gasteiger partial charge in [0.1, 0.15) is 11.5 Å². The van der Waals surface area contributed by atoms with Crippen molar-refractivity contribution in [3.63, 3.8) is 0 Å². The first kappa shape index (κ1) is 20.3. The minimum atomic E-state index is -0.344. The van der Waals surface area contributed by atoms with Gasteiger partial charge in [-0.2, -0.15) is 10.2 Å². The highest BCUT2D eigenvalue weighted by Gasteiger charge is 2.25. The van der Waals surface area contributed by atoms with Gasteiger partial charge in [-0.25, -0.2) is 9.07 Å². The van der Waals surface area contributed by atoms with Gasteiger partial charge in [0.25, 0.3) is 11.5 Å². The summed E-state index contributed by atoms with van der Waals surface area (Å²) in [4.78, 5) is 29.1. The molecular weight excluding hydrogens is 411 g/mol. The molecule has 0 bridgehead atoms. The largest absolute Gasteiger partial charge is 0.352 e. The molecule has 1 aromatic carbocycles. The minimum Gasteiger partial charge on any atom is -0.352 e. The molecule has 8 nitrogen and oxygen atoms in total. The highest BCUT2D eigenvalue weighted by molar-refractivity contribution is 5.92. The van der Waals surface area contributed by atoms with Crippen LogP contribution >= 0.6 is 0 Å². The summed E-state index contributed by atoms with van der Waals surface area (Å²) < 4.78 is 14.4. The molecule has 0 atom stereocenters. The van der Waals surface area contributed by atoms with Crippen LogP contribution in [0, 0.1) is 5.82 Å². The third-order valence-corrected chi connectivity index (χ3v) is 6.03. The van der Waals surface area contributed by atoms with Gasteiger partial charge in [-0.3, -0.25) is 9.59 Å². The van der Waals surface area contributed by atoms with Crippen LogP contribution in [0.15, 0.2) is 47.3 Å². The smallest absolute Gasteiger partial charge is 0.274 e. The van der Waals surface area contributed by atoms with E-state index in [4.69, 9.17) is 0 Å². The quantitative estimate of drug-likeness (QED) is 0.621. The monoisotopic (exact) mass is 434 g/mol. The fourth-order valence-electron chi connectivity index (χ4n) is 4.21. The molecule has 1 aliphatic carbocycles. The number of carbonyl (C=O) groups is 1. The van der Waals surface area contributed by atoms with E-state index in [1.165, 1.54) is 34.5 Å². The summed E-state index contributed by atoms with van der Waals surface area (Å²) in [6.45, 7) is 2.57. The number of rotatable bonds is 4. The van der Waals surface area contributed by atoms with Crippen molar-refractivity contribution >= 4 is 11.7 Å². The van der Waals surface area contributed by atoms with Gasteiger partial charge < -0.3 is 9.80 Å². The van der Waals surface area contributed by atoms with Crippen LogP contribution in [-0.4, -0.2) is 57.0 Å². The molecule has 32 heavy (non-hydrogen) atoms. The number of fused-ring (bicyclic) bond motifs is 1. The van der Waals surface area contributed by atoms with Gasteiger partial charge in [-0.15, -0.1) is 5.10 Å². The van der Waals surface area contributed by atoms with Crippen LogP contribution in [0.1, 0.15) is 33.7 Å². The summed E-state index contributed by atoms with van der Waals surface area (Å²) in [7, 11) is 0. The SMILES string of the molecule is O=C(c1ccc(=O)n(Cc2ccc(F)cc2)n1)N1CCN(c2cc3c(nn2)CCC3)CC1. The van der Waals surface area contributed by atoms with Gasteiger partial charge in [0.2, 0.25) is 0 Å². The molecule has 164 valence electrons. The second kappa shape index (κ2) is 8.49. The van der Waals surface area contributed by atoms with Crippen molar-refractivity contribution in [1.29, 1.82) is 0 Å². The highest BCUT2D eigenvalue weighted by atomic mass is 19.1. The van der Waals surface area contributed by atoms with E-state index in [2.05, 4.69) is 26.3 Å². The first-order valence-electron chi connectivity index (χ1n) is 10.8. The van der Waals surface area contributed by atoms with Crippen molar-refractivity contribution in [3.8, 4) is 0 Å². The molecule has 1 aliphatic heterocycles. The number of anilines is 1. The molecule has 0 unspecified atom stereocenters. The molecule has 1 saturated heterocycles. The number of amides is 1. The predicted octanol–water partition coefficient (Wildman–Crippen LogP) is 1.67. The molecule has 2 aliphatic rings. The Balaban J connectivity index is 1.26. The maximum Gasteiger partial charge on any atom is 0.274 e. The Morgan fingerprint density at radius 3 is 2.53 bits per heavy atom. The Bertz CT molecular complexity index is 1200. The Morgan fingerprint density at radius 2 is 1.75 bits per heavy atom. The summed E-state index contributed by atoms with van der Waals surface area (Å²) in [5.74, 6) is 0.310. The Labute approximate surface area is 184 Å². The molecule has 2 aromatic heterocycles. The van der Waals surface area contributed by atoms with Crippen LogP contribution < -0.4 is 10.5 Å². The van der Waals surface area contributed by atoms with E-state index in [0.29, 0.717) is 26.2 Å². The summed E-state index contributed by atoms with van der Waals surface area (Å²) in [6.07, 6.45) is 3.18. The topological polar surface area (TPSA) is 84.2 Å². The van der Waals surface area contributed by atoms with Crippen molar-refractivity contribution in [2.75, 3.05) is 31.1 Å². The molecular formula is C23H23FN6O2. The van der Waals surface area contributed by atoms with Crippen LogP contribution in [0.3, 0.4) is 0 Å². The molecule has 3 heterocycles. The van der Waals surface area contributed by atoms with Crippen molar-refractivity contribution in [3.05, 3.63) is 81.2 Å². The number of hydrogen-bond acceptors (Lipinski definition) is 6. The second-order valence-electron chi connectivity index (χ2n) is 8.15. The maximum atomic E-state index is 13.1. The number of carbonyl (C=O) groups excluding carboxylic acids is 1. The van der Waals surface area contributed by atoms with Gasteiger partial charge in [0.15, 0.2) is 5.82 Å². The Kier molecular flexibility index (Phi) is 5.38. The minimum absolute atomic E-state index is 0.172. The molecule has 1 fully saturated rings. The maximum absolute atomic E-state index is 13.1. The third-order valence-electron chi connectivity index (χ3n) is 6.03. The van der Waals surface area contributed by atoms with E-state index in [1.807, 2.05) is 0 Å². The summed E-state index contributed by atoms with van der Waals surface area (Å²) in [6, 6.07) is 10.8. The standard InChI is InChI=1S/C23H23FN6O2/c24-18-6-4-16(5-7-18)15-30-22(31)9-8-20(27-30)23(32)29-12-10-28(11-13-29)21-14-17-2-1-3-19(17)25-26-21/h4-9,14H,1-3,10-13,15H2. The van der Waals surface area contributed by atoms with Crippen molar-refractivity contribution in [2.24, 2.45) is 0 Å².